The molecule has 4 N–H and O–H groups in total. The van der Waals surface area contributed by atoms with Gasteiger partial charge < -0.3 is 20.9 Å². The van der Waals surface area contributed by atoms with Crippen molar-refractivity contribution in [1.29, 1.82) is 0 Å². The fourth-order valence-electron chi connectivity index (χ4n) is 3.04. The third-order valence-corrected chi connectivity index (χ3v) is 4.48. The molecule has 4 heteroatoms. The lowest BCUT2D eigenvalue weighted by molar-refractivity contribution is 0.393. The molecule has 0 bridgehead atoms. The highest BCUT2D eigenvalue weighted by Crippen LogP contribution is 2.31. The molecule has 0 aliphatic heterocycles. The van der Waals surface area contributed by atoms with Crippen molar-refractivity contribution in [3.05, 3.63) is 23.3 Å². The summed E-state index contributed by atoms with van der Waals surface area (Å²) in [5.41, 5.74) is 13.6. The second-order valence-electron chi connectivity index (χ2n) is 6.38. The van der Waals surface area contributed by atoms with Gasteiger partial charge in [0.25, 0.3) is 0 Å². The van der Waals surface area contributed by atoms with Gasteiger partial charge in [0.2, 0.25) is 0 Å². The molecule has 0 aromatic heterocycles. The molecule has 0 heterocycles. The van der Waals surface area contributed by atoms with Crippen LogP contribution in [0.2, 0.25) is 0 Å². The van der Waals surface area contributed by atoms with Gasteiger partial charge in [-0.15, -0.1) is 0 Å². The van der Waals surface area contributed by atoms with E-state index in [1.54, 1.807) is 14.2 Å². The Morgan fingerprint density at radius 2 is 1.00 bits per heavy atom. The number of hydrogen-bond donors (Lipinski definition) is 2. The lowest BCUT2D eigenvalue weighted by Crippen LogP contribution is -2.02. The smallest absolute Gasteiger partial charge is 0.122 e. The van der Waals surface area contributed by atoms with E-state index in [4.69, 9.17) is 20.9 Å². The van der Waals surface area contributed by atoms with Crippen molar-refractivity contribution in [3.63, 3.8) is 0 Å². The first-order valence-electron chi connectivity index (χ1n) is 9.40. The average molecular weight is 337 g/mol. The summed E-state index contributed by atoms with van der Waals surface area (Å²) >= 11 is 0. The van der Waals surface area contributed by atoms with Crippen LogP contribution in [0.25, 0.3) is 0 Å². The van der Waals surface area contributed by atoms with E-state index in [9.17, 15) is 0 Å². The molecule has 0 fully saturated rings. The molecule has 4 nitrogen and oxygen atoms in total. The molecule has 138 valence electrons. The minimum Gasteiger partial charge on any atom is -0.496 e. The van der Waals surface area contributed by atoms with E-state index in [-0.39, 0.29) is 0 Å². The molecular weight excluding hydrogens is 300 g/mol. The van der Waals surface area contributed by atoms with Gasteiger partial charge in [0.05, 0.1) is 14.2 Å². The second kappa shape index (κ2) is 13.1. The number of benzene rings is 1. The molecule has 1 aromatic rings. The summed E-state index contributed by atoms with van der Waals surface area (Å²) in [4.78, 5) is 0. The molecule has 0 saturated carbocycles. The Labute approximate surface area is 147 Å². The number of methoxy groups -OCH3 is 2. The topological polar surface area (TPSA) is 70.5 Å². The van der Waals surface area contributed by atoms with Crippen molar-refractivity contribution in [2.24, 2.45) is 11.5 Å². The highest BCUT2D eigenvalue weighted by atomic mass is 16.5. The van der Waals surface area contributed by atoms with Crippen LogP contribution in [0.4, 0.5) is 0 Å². The van der Waals surface area contributed by atoms with Crippen LogP contribution in [0.5, 0.6) is 11.5 Å². The van der Waals surface area contributed by atoms with Crippen LogP contribution in [0, 0.1) is 0 Å². The molecule has 0 aliphatic carbocycles. The summed E-state index contributed by atoms with van der Waals surface area (Å²) in [6.07, 6.45) is 11.6. The predicted molar refractivity (Wildman–Crippen MR) is 102 cm³/mol. The number of unbranched alkanes of at least 4 members (excludes halogenated alkanes) is 6. The van der Waals surface area contributed by atoms with Gasteiger partial charge in [-0.1, -0.05) is 25.7 Å². The molecule has 0 unspecified atom stereocenters. The summed E-state index contributed by atoms with van der Waals surface area (Å²) in [6, 6.07) is 4.30. The van der Waals surface area contributed by atoms with Crippen molar-refractivity contribution in [2.45, 2.75) is 64.2 Å². The van der Waals surface area contributed by atoms with Crippen LogP contribution in [0.3, 0.4) is 0 Å². The van der Waals surface area contributed by atoms with Gasteiger partial charge in [-0.2, -0.15) is 0 Å². The standard InChI is InChI=1S/C20H36N2O2/c1-23-19-16-18(12-8-10-14-22)20(24-2)15-17(19)11-7-5-3-4-6-9-13-21/h15-16H,3-14,21-22H2,1-2H3. The van der Waals surface area contributed by atoms with Crippen molar-refractivity contribution >= 4 is 0 Å². The van der Waals surface area contributed by atoms with Crippen LogP contribution in [0.15, 0.2) is 12.1 Å². The second-order valence-corrected chi connectivity index (χ2v) is 6.38. The molecule has 24 heavy (non-hydrogen) atoms. The first-order chi connectivity index (χ1) is 11.8. The van der Waals surface area contributed by atoms with Gasteiger partial charge in [0.15, 0.2) is 0 Å². The summed E-state index contributed by atoms with van der Waals surface area (Å²) in [6.45, 7) is 1.55. The SMILES string of the molecule is COc1cc(CCCCCCCCN)c(OC)cc1CCCCN. The highest BCUT2D eigenvalue weighted by molar-refractivity contribution is 5.46. The van der Waals surface area contributed by atoms with Gasteiger partial charge in [0.1, 0.15) is 11.5 Å². The van der Waals surface area contributed by atoms with Crippen LogP contribution < -0.4 is 20.9 Å². The van der Waals surface area contributed by atoms with Crippen molar-refractivity contribution in [3.8, 4) is 11.5 Å². The third kappa shape index (κ3) is 7.54. The minimum atomic E-state index is 0.739. The quantitative estimate of drug-likeness (QED) is 0.507. The van der Waals surface area contributed by atoms with E-state index in [1.807, 2.05) is 0 Å². The van der Waals surface area contributed by atoms with E-state index in [1.165, 1.54) is 43.2 Å². The Morgan fingerprint density at radius 1 is 0.625 bits per heavy atom. The highest BCUT2D eigenvalue weighted by Gasteiger charge is 2.11. The van der Waals surface area contributed by atoms with Crippen LogP contribution in [-0.4, -0.2) is 27.3 Å². The van der Waals surface area contributed by atoms with E-state index in [0.717, 1.165) is 56.7 Å². The Kier molecular flexibility index (Phi) is 11.3. The lowest BCUT2D eigenvalue weighted by atomic mass is 9.99. The van der Waals surface area contributed by atoms with Crippen molar-refractivity contribution in [1.82, 2.24) is 0 Å². The van der Waals surface area contributed by atoms with E-state index < -0.39 is 0 Å². The fourth-order valence-corrected chi connectivity index (χ4v) is 3.04. The van der Waals surface area contributed by atoms with Crippen LogP contribution in [0.1, 0.15) is 62.5 Å². The molecule has 0 spiro atoms. The van der Waals surface area contributed by atoms with E-state index in [2.05, 4.69) is 12.1 Å². The maximum atomic E-state index is 5.61. The summed E-state index contributed by atoms with van der Waals surface area (Å²) in [5.74, 6) is 1.97. The first kappa shape index (κ1) is 20.8. The van der Waals surface area contributed by atoms with E-state index in [0.29, 0.717) is 0 Å². The third-order valence-electron chi connectivity index (χ3n) is 4.48. The number of rotatable bonds is 14. The summed E-state index contributed by atoms with van der Waals surface area (Å²) in [7, 11) is 3.50. The average Bonchev–Trinajstić information content (AvgIpc) is 2.61. The Morgan fingerprint density at radius 3 is 1.46 bits per heavy atom. The number of ether oxygens (including phenoxy) is 2. The maximum Gasteiger partial charge on any atom is 0.122 e. The van der Waals surface area contributed by atoms with Crippen molar-refractivity contribution in [2.75, 3.05) is 27.3 Å². The summed E-state index contributed by atoms with van der Waals surface area (Å²) in [5, 5.41) is 0. The van der Waals surface area contributed by atoms with Crippen LogP contribution >= 0.6 is 0 Å². The Bertz CT molecular complexity index is 450. The molecule has 0 amide bonds. The number of aryl methyl sites for hydroxylation is 2. The molecule has 0 aliphatic rings. The lowest BCUT2D eigenvalue weighted by Gasteiger charge is -2.15. The predicted octanol–water partition coefficient (Wildman–Crippen LogP) is 3.83. The Hall–Kier alpha value is -1.26. The Balaban J connectivity index is 2.56. The van der Waals surface area contributed by atoms with Gasteiger partial charge in [-0.3, -0.25) is 0 Å². The minimum absolute atomic E-state index is 0.739. The first-order valence-corrected chi connectivity index (χ1v) is 9.40. The maximum absolute atomic E-state index is 5.61. The largest absolute Gasteiger partial charge is 0.496 e. The van der Waals surface area contributed by atoms with Crippen molar-refractivity contribution < 1.29 is 9.47 Å². The zero-order valence-electron chi connectivity index (χ0n) is 15.6. The monoisotopic (exact) mass is 336 g/mol. The van der Waals surface area contributed by atoms with E-state index >= 15 is 0 Å². The molecular formula is C20H36N2O2. The molecule has 0 radical (unpaired) electrons. The summed E-state index contributed by atoms with van der Waals surface area (Å²) < 4.78 is 11.2. The van der Waals surface area contributed by atoms with Gasteiger partial charge >= 0.3 is 0 Å². The van der Waals surface area contributed by atoms with Gasteiger partial charge in [-0.25, -0.2) is 0 Å². The normalized spacial score (nSPS) is 10.8. The zero-order valence-corrected chi connectivity index (χ0v) is 15.6. The molecule has 0 saturated heterocycles. The molecule has 1 aromatic carbocycles. The zero-order chi connectivity index (χ0) is 17.6. The van der Waals surface area contributed by atoms with Gasteiger partial charge in [0, 0.05) is 0 Å². The van der Waals surface area contributed by atoms with Gasteiger partial charge in [-0.05, 0) is 74.9 Å². The fraction of sp³-hybridized carbons (Fsp3) is 0.700. The number of hydrogen-bond acceptors (Lipinski definition) is 4. The molecule has 0 atom stereocenters. The number of nitrogens with two attached hydrogens (primary N) is 2. The molecule has 1 rings (SSSR count). The van der Waals surface area contributed by atoms with Crippen LogP contribution in [-0.2, 0) is 12.8 Å².